The molecular formula is C67H45NS. The largest absolute Gasteiger partial charge is 0.308 e. The Bertz CT molecular complexity index is 3710. The molecule has 0 aliphatic heterocycles. The Labute approximate surface area is 407 Å². The Balaban J connectivity index is 1.06. The van der Waals surface area contributed by atoms with Crippen LogP contribution in [0.1, 0.15) is 22.3 Å². The molecule has 0 saturated heterocycles. The molecule has 0 atom stereocenters. The Kier molecular flexibility index (Phi) is 10.00. The normalized spacial score (nSPS) is 12.5. The third kappa shape index (κ3) is 6.83. The predicted octanol–water partition coefficient (Wildman–Crippen LogP) is 18.6. The van der Waals surface area contributed by atoms with Crippen LogP contribution in [0, 0.1) is 0 Å². The summed E-state index contributed by atoms with van der Waals surface area (Å²) in [7, 11) is 0. The molecule has 0 spiro atoms. The van der Waals surface area contributed by atoms with Crippen LogP contribution < -0.4 is 4.90 Å². The number of nitrogens with zero attached hydrogens (tertiary/aromatic N) is 1. The number of thiophene rings is 1. The highest BCUT2D eigenvalue weighted by atomic mass is 32.1. The van der Waals surface area contributed by atoms with Crippen molar-refractivity contribution in [3.8, 4) is 55.6 Å². The summed E-state index contributed by atoms with van der Waals surface area (Å²) < 4.78 is 2.54. The van der Waals surface area contributed by atoms with E-state index in [4.69, 9.17) is 0 Å². The van der Waals surface area contributed by atoms with Crippen LogP contribution in [-0.4, -0.2) is 0 Å². The standard InChI is InChI=1S/C67H45NS/c1-4-17-46(18-5-1)49-31-33-52(34-32-49)56-23-11-14-28-63(56)68(64-29-16-26-60-59-25-12-15-30-65(59)69-66(60)64)55-43-44-58-57-24-10-13-27-61(57)67(62(58)45-55,53-39-35-50(36-40-53)47-19-6-2-7-20-47)54-41-37-51(38-42-54)48-21-8-3-9-22-48/h1-45H. The van der Waals surface area contributed by atoms with E-state index in [0.717, 1.165) is 17.1 Å². The van der Waals surface area contributed by atoms with Gasteiger partial charge >= 0.3 is 0 Å². The van der Waals surface area contributed by atoms with Crippen LogP contribution in [0.15, 0.2) is 273 Å². The molecule has 0 N–H and O–H groups in total. The van der Waals surface area contributed by atoms with E-state index in [9.17, 15) is 0 Å². The Morgan fingerprint density at radius 3 is 1.36 bits per heavy atom. The van der Waals surface area contributed by atoms with E-state index in [-0.39, 0.29) is 0 Å². The van der Waals surface area contributed by atoms with Crippen LogP contribution in [-0.2, 0) is 5.41 Å². The van der Waals surface area contributed by atoms with Crippen molar-refractivity contribution in [2.24, 2.45) is 0 Å². The van der Waals surface area contributed by atoms with Gasteiger partial charge in [-0.2, -0.15) is 0 Å². The molecule has 69 heavy (non-hydrogen) atoms. The lowest BCUT2D eigenvalue weighted by Gasteiger charge is -2.35. The van der Waals surface area contributed by atoms with Crippen molar-refractivity contribution < 1.29 is 0 Å². The highest BCUT2D eigenvalue weighted by Gasteiger charge is 2.46. The maximum Gasteiger partial charge on any atom is 0.0714 e. The highest BCUT2D eigenvalue weighted by molar-refractivity contribution is 7.26. The summed E-state index contributed by atoms with van der Waals surface area (Å²) in [5.74, 6) is 0. The van der Waals surface area contributed by atoms with Gasteiger partial charge in [-0.3, -0.25) is 0 Å². The summed E-state index contributed by atoms with van der Waals surface area (Å²) in [5.41, 5.74) is 19.8. The molecule has 0 bridgehead atoms. The van der Waals surface area contributed by atoms with E-state index in [1.165, 1.54) is 98.1 Å². The maximum atomic E-state index is 2.53. The first-order valence-corrected chi connectivity index (χ1v) is 24.6. The fourth-order valence-corrected chi connectivity index (χ4v) is 12.2. The van der Waals surface area contributed by atoms with Crippen molar-refractivity contribution in [1.29, 1.82) is 0 Å². The summed E-state index contributed by atoms with van der Waals surface area (Å²) in [6, 6.07) is 101. The van der Waals surface area contributed by atoms with Gasteiger partial charge in [0.1, 0.15) is 0 Å². The number of fused-ring (bicyclic) bond motifs is 6. The Morgan fingerprint density at radius 2 is 0.739 bits per heavy atom. The van der Waals surface area contributed by atoms with Crippen molar-refractivity contribution in [3.63, 3.8) is 0 Å². The molecule has 0 fully saturated rings. The lowest BCUT2D eigenvalue weighted by atomic mass is 9.67. The summed E-state index contributed by atoms with van der Waals surface area (Å²) in [6.45, 7) is 0. The monoisotopic (exact) mass is 895 g/mol. The van der Waals surface area contributed by atoms with E-state index >= 15 is 0 Å². The minimum Gasteiger partial charge on any atom is -0.308 e. The summed E-state index contributed by atoms with van der Waals surface area (Å²) in [5, 5.41) is 2.55. The average Bonchev–Trinajstić information content (AvgIpc) is 3.96. The van der Waals surface area contributed by atoms with Gasteiger partial charge in [-0.05, 0) is 103 Å². The van der Waals surface area contributed by atoms with Gasteiger partial charge in [0.05, 0.1) is 21.5 Å². The van der Waals surface area contributed by atoms with Crippen molar-refractivity contribution in [1.82, 2.24) is 0 Å². The van der Waals surface area contributed by atoms with Gasteiger partial charge in [0.2, 0.25) is 0 Å². The lowest BCUT2D eigenvalue weighted by Crippen LogP contribution is -2.29. The van der Waals surface area contributed by atoms with Crippen molar-refractivity contribution in [2.75, 3.05) is 4.90 Å². The number of hydrogen-bond acceptors (Lipinski definition) is 2. The quantitative estimate of drug-likeness (QED) is 0.140. The van der Waals surface area contributed by atoms with Gasteiger partial charge in [0.25, 0.3) is 0 Å². The molecule has 2 heteroatoms. The SMILES string of the molecule is c1ccc(-c2ccc(-c3ccccc3N(c3ccc4c(c3)C(c3ccc(-c5ccccc5)cc3)(c3ccc(-c5ccccc5)cc3)c3ccccc3-4)c3cccc4c3sc3ccccc34)cc2)cc1. The van der Waals surface area contributed by atoms with Gasteiger partial charge in [0, 0.05) is 26.7 Å². The van der Waals surface area contributed by atoms with Gasteiger partial charge in [-0.15, -0.1) is 11.3 Å². The molecule has 0 amide bonds. The van der Waals surface area contributed by atoms with Crippen molar-refractivity contribution in [2.45, 2.75) is 5.41 Å². The predicted molar refractivity (Wildman–Crippen MR) is 293 cm³/mol. The molecular weight excluding hydrogens is 851 g/mol. The lowest BCUT2D eigenvalue weighted by molar-refractivity contribution is 0.768. The first kappa shape index (κ1) is 40.7. The Morgan fingerprint density at radius 1 is 0.290 bits per heavy atom. The second-order valence-corrected chi connectivity index (χ2v) is 19.0. The third-order valence-electron chi connectivity index (χ3n) is 14.2. The average molecular weight is 896 g/mol. The smallest absolute Gasteiger partial charge is 0.0714 e. The van der Waals surface area contributed by atoms with E-state index in [1.807, 2.05) is 11.3 Å². The number of anilines is 3. The molecule has 0 saturated carbocycles. The minimum atomic E-state index is -0.631. The van der Waals surface area contributed by atoms with Gasteiger partial charge in [-0.25, -0.2) is 0 Å². The van der Waals surface area contributed by atoms with Crippen LogP contribution in [0.25, 0.3) is 75.8 Å². The molecule has 1 heterocycles. The number of para-hydroxylation sites is 1. The zero-order valence-corrected chi connectivity index (χ0v) is 38.7. The molecule has 11 aromatic carbocycles. The molecule has 13 rings (SSSR count). The third-order valence-corrected chi connectivity index (χ3v) is 15.4. The number of benzene rings is 11. The molecule has 1 aliphatic rings. The molecule has 12 aromatic rings. The molecule has 1 nitrogen and oxygen atoms in total. The number of rotatable bonds is 9. The maximum absolute atomic E-state index is 2.53. The van der Waals surface area contributed by atoms with E-state index in [0.29, 0.717) is 0 Å². The zero-order chi connectivity index (χ0) is 45.7. The van der Waals surface area contributed by atoms with Crippen LogP contribution >= 0.6 is 11.3 Å². The molecule has 324 valence electrons. The van der Waals surface area contributed by atoms with E-state index in [2.05, 4.69) is 278 Å². The van der Waals surface area contributed by atoms with Crippen LogP contribution in [0.3, 0.4) is 0 Å². The van der Waals surface area contributed by atoms with Crippen molar-refractivity contribution in [3.05, 3.63) is 295 Å². The molecule has 0 radical (unpaired) electrons. The van der Waals surface area contributed by atoms with E-state index < -0.39 is 5.41 Å². The molecule has 0 unspecified atom stereocenters. The summed E-state index contributed by atoms with van der Waals surface area (Å²) in [6.07, 6.45) is 0. The van der Waals surface area contributed by atoms with Crippen LogP contribution in [0.5, 0.6) is 0 Å². The number of hydrogen-bond donors (Lipinski definition) is 0. The van der Waals surface area contributed by atoms with Crippen molar-refractivity contribution >= 4 is 48.6 Å². The fraction of sp³-hybridized carbons (Fsp3) is 0.0149. The molecule has 1 aliphatic carbocycles. The minimum absolute atomic E-state index is 0.631. The van der Waals surface area contributed by atoms with Crippen LogP contribution in [0.2, 0.25) is 0 Å². The van der Waals surface area contributed by atoms with E-state index in [1.54, 1.807) is 0 Å². The zero-order valence-electron chi connectivity index (χ0n) is 37.8. The highest BCUT2D eigenvalue weighted by Crippen LogP contribution is 2.58. The second kappa shape index (κ2) is 16.9. The molecule has 1 aromatic heterocycles. The van der Waals surface area contributed by atoms with Gasteiger partial charge < -0.3 is 4.90 Å². The first-order valence-electron chi connectivity index (χ1n) is 23.7. The summed E-state index contributed by atoms with van der Waals surface area (Å²) in [4.78, 5) is 2.53. The summed E-state index contributed by atoms with van der Waals surface area (Å²) >= 11 is 1.87. The fourth-order valence-electron chi connectivity index (χ4n) is 11.0. The van der Waals surface area contributed by atoms with Crippen LogP contribution in [0.4, 0.5) is 17.1 Å². The van der Waals surface area contributed by atoms with Gasteiger partial charge in [0.15, 0.2) is 0 Å². The van der Waals surface area contributed by atoms with Gasteiger partial charge in [-0.1, -0.05) is 243 Å². The first-order chi connectivity index (χ1) is 34.2. The topological polar surface area (TPSA) is 3.24 Å². The Hall–Kier alpha value is -8.56. The second-order valence-electron chi connectivity index (χ2n) is 18.0.